The fraction of sp³-hybridized carbons (Fsp3) is 0.500. The summed E-state index contributed by atoms with van der Waals surface area (Å²) in [4.78, 5) is 22.5. The summed E-state index contributed by atoms with van der Waals surface area (Å²) >= 11 is 0. The van der Waals surface area contributed by atoms with Crippen molar-refractivity contribution in [2.75, 3.05) is 19.7 Å². The van der Waals surface area contributed by atoms with Crippen LogP contribution in [-0.4, -0.2) is 51.2 Å². The largest absolute Gasteiger partial charge is 0.375 e. The average Bonchev–Trinajstić information content (AvgIpc) is 3.36. The maximum absolute atomic E-state index is 13.0. The smallest absolute Gasteiger partial charge is 0.253 e. The fourth-order valence-electron chi connectivity index (χ4n) is 4.80. The van der Waals surface area contributed by atoms with Gasteiger partial charge in [0.25, 0.3) is 5.91 Å². The molecule has 1 N–H and O–H groups in total. The highest BCUT2D eigenvalue weighted by molar-refractivity contribution is 5.98. The fourth-order valence-corrected chi connectivity index (χ4v) is 4.80. The number of H-pyrrole nitrogens is 1. The Morgan fingerprint density at radius 1 is 1.31 bits per heavy atom. The van der Waals surface area contributed by atoms with E-state index in [1.165, 1.54) is 0 Å². The number of fused-ring (bicyclic) bond motifs is 1. The normalized spacial score (nSPS) is 21.7. The molecule has 4 heterocycles. The Hall–Kier alpha value is -2.67. The monoisotopic (exact) mass is 394 g/mol. The maximum atomic E-state index is 13.0. The van der Waals surface area contributed by atoms with Crippen molar-refractivity contribution >= 4 is 16.8 Å². The van der Waals surface area contributed by atoms with Crippen LogP contribution in [0, 0.1) is 12.8 Å². The number of piperidine rings is 1. The SMILES string of the molecule is Cc1noc(CC2CCOC3(CCN(C(=O)c4ccc5cc[nH]c5c4)CC3)C2)n1. The number of nitrogens with zero attached hydrogens (tertiary/aromatic N) is 3. The summed E-state index contributed by atoms with van der Waals surface area (Å²) in [5.41, 5.74) is 1.61. The van der Waals surface area contributed by atoms with Gasteiger partial charge in [0.15, 0.2) is 5.82 Å². The number of carbonyl (C=O) groups excluding carboxylic acids is 1. The minimum absolute atomic E-state index is 0.102. The van der Waals surface area contributed by atoms with Crippen molar-refractivity contribution in [2.45, 2.75) is 44.6 Å². The zero-order valence-corrected chi connectivity index (χ0v) is 16.7. The van der Waals surface area contributed by atoms with Gasteiger partial charge >= 0.3 is 0 Å². The Balaban J connectivity index is 1.22. The molecule has 1 unspecified atom stereocenters. The van der Waals surface area contributed by atoms with Gasteiger partial charge in [-0.15, -0.1) is 0 Å². The van der Waals surface area contributed by atoms with E-state index in [1.807, 2.05) is 42.3 Å². The lowest BCUT2D eigenvalue weighted by molar-refractivity contribution is -0.124. The van der Waals surface area contributed by atoms with Gasteiger partial charge in [0.1, 0.15) is 0 Å². The van der Waals surface area contributed by atoms with Crippen molar-refractivity contribution in [1.29, 1.82) is 0 Å². The molecule has 1 aromatic carbocycles. The average molecular weight is 394 g/mol. The van der Waals surface area contributed by atoms with Crippen LogP contribution in [0.3, 0.4) is 0 Å². The van der Waals surface area contributed by atoms with Crippen LogP contribution in [0.25, 0.3) is 10.9 Å². The number of rotatable bonds is 3. The second-order valence-electron chi connectivity index (χ2n) is 8.40. The molecular formula is C22H26N4O3. The van der Waals surface area contributed by atoms with E-state index < -0.39 is 0 Å². The molecule has 3 aromatic rings. The van der Waals surface area contributed by atoms with Crippen molar-refractivity contribution in [3.63, 3.8) is 0 Å². The number of carbonyl (C=O) groups is 1. The van der Waals surface area contributed by atoms with Crippen LogP contribution in [0.1, 0.15) is 47.8 Å². The molecule has 2 aliphatic heterocycles. The number of benzene rings is 1. The van der Waals surface area contributed by atoms with Gasteiger partial charge in [0, 0.05) is 43.4 Å². The quantitative estimate of drug-likeness (QED) is 0.735. The Morgan fingerprint density at radius 2 is 2.17 bits per heavy atom. The first-order chi connectivity index (χ1) is 14.1. The van der Waals surface area contributed by atoms with Crippen molar-refractivity contribution in [2.24, 2.45) is 5.92 Å². The molecule has 29 heavy (non-hydrogen) atoms. The maximum Gasteiger partial charge on any atom is 0.253 e. The van der Waals surface area contributed by atoms with E-state index in [9.17, 15) is 4.79 Å². The number of ether oxygens (including phenoxy) is 1. The molecule has 1 atom stereocenters. The van der Waals surface area contributed by atoms with Crippen LogP contribution in [-0.2, 0) is 11.2 Å². The van der Waals surface area contributed by atoms with E-state index in [0.29, 0.717) is 11.7 Å². The molecule has 0 aliphatic carbocycles. The highest BCUT2D eigenvalue weighted by atomic mass is 16.5. The summed E-state index contributed by atoms with van der Waals surface area (Å²) in [5.74, 6) is 1.99. The van der Waals surface area contributed by atoms with Crippen molar-refractivity contribution in [1.82, 2.24) is 20.0 Å². The first-order valence-corrected chi connectivity index (χ1v) is 10.4. The summed E-state index contributed by atoms with van der Waals surface area (Å²) in [7, 11) is 0. The Morgan fingerprint density at radius 3 is 2.97 bits per heavy atom. The van der Waals surface area contributed by atoms with E-state index in [2.05, 4.69) is 15.1 Å². The number of aromatic nitrogens is 3. The van der Waals surface area contributed by atoms with E-state index in [0.717, 1.165) is 74.2 Å². The molecule has 1 amide bonds. The first-order valence-electron chi connectivity index (χ1n) is 10.4. The Labute approximate surface area is 169 Å². The zero-order chi connectivity index (χ0) is 19.8. The third-order valence-electron chi connectivity index (χ3n) is 6.39. The van der Waals surface area contributed by atoms with Gasteiger partial charge in [-0.25, -0.2) is 0 Å². The molecule has 2 aliphatic rings. The zero-order valence-electron chi connectivity index (χ0n) is 16.7. The molecule has 7 heteroatoms. The van der Waals surface area contributed by atoms with Gasteiger partial charge in [-0.3, -0.25) is 4.79 Å². The molecule has 0 radical (unpaired) electrons. The van der Waals surface area contributed by atoms with Crippen molar-refractivity contribution in [3.05, 3.63) is 47.7 Å². The summed E-state index contributed by atoms with van der Waals surface area (Å²) < 4.78 is 11.6. The number of amides is 1. The third kappa shape index (κ3) is 3.67. The molecule has 2 saturated heterocycles. The Kier molecular flexibility index (Phi) is 4.62. The van der Waals surface area contributed by atoms with Crippen LogP contribution in [0.2, 0.25) is 0 Å². The van der Waals surface area contributed by atoms with Crippen molar-refractivity contribution < 1.29 is 14.1 Å². The van der Waals surface area contributed by atoms with Gasteiger partial charge in [0.2, 0.25) is 5.89 Å². The molecule has 7 nitrogen and oxygen atoms in total. The number of aromatic amines is 1. The lowest BCUT2D eigenvalue weighted by Crippen LogP contribution is -2.51. The molecule has 152 valence electrons. The number of hydrogen-bond acceptors (Lipinski definition) is 5. The molecular weight excluding hydrogens is 368 g/mol. The highest BCUT2D eigenvalue weighted by Gasteiger charge is 2.41. The lowest BCUT2D eigenvalue weighted by Gasteiger charge is -2.46. The molecule has 1 spiro atoms. The number of hydrogen-bond donors (Lipinski definition) is 1. The van der Waals surface area contributed by atoms with Crippen LogP contribution in [0.5, 0.6) is 0 Å². The summed E-state index contributed by atoms with van der Waals surface area (Å²) in [6, 6.07) is 7.88. The molecule has 2 aromatic heterocycles. The molecule has 2 fully saturated rings. The number of aryl methyl sites for hydroxylation is 1. The standard InChI is InChI=1S/C22H26N4O3/c1-15-24-20(29-25-15)12-16-5-11-28-22(14-16)6-9-26(10-7-22)21(27)18-3-2-17-4-8-23-19(17)13-18/h2-4,8,13,16,23H,5-7,9-12,14H2,1H3. The topological polar surface area (TPSA) is 84.3 Å². The van der Waals surface area contributed by atoms with Gasteiger partial charge in [-0.05, 0) is 62.1 Å². The van der Waals surface area contributed by atoms with E-state index in [4.69, 9.17) is 9.26 Å². The van der Waals surface area contributed by atoms with Gasteiger partial charge in [0.05, 0.1) is 5.60 Å². The summed E-state index contributed by atoms with van der Waals surface area (Å²) in [5, 5.41) is 5.02. The van der Waals surface area contributed by atoms with Crippen LogP contribution in [0.15, 0.2) is 35.0 Å². The molecule has 5 rings (SSSR count). The summed E-state index contributed by atoms with van der Waals surface area (Å²) in [6.07, 6.45) is 6.47. The third-order valence-corrected chi connectivity index (χ3v) is 6.39. The summed E-state index contributed by atoms with van der Waals surface area (Å²) in [6.45, 7) is 4.07. The van der Waals surface area contributed by atoms with Crippen LogP contribution in [0.4, 0.5) is 0 Å². The number of likely N-dealkylation sites (tertiary alicyclic amines) is 1. The van der Waals surface area contributed by atoms with E-state index in [-0.39, 0.29) is 11.5 Å². The predicted octanol–water partition coefficient (Wildman–Crippen LogP) is 3.50. The van der Waals surface area contributed by atoms with E-state index >= 15 is 0 Å². The first kappa shape index (κ1) is 18.4. The van der Waals surface area contributed by atoms with Crippen molar-refractivity contribution in [3.8, 4) is 0 Å². The Bertz CT molecular complexity index is 1020. The second kappa shape index (κ2) is 7.30. The van der Waals surface area contributed by atoms with Crippen LogP contribution >= 0.6 is 0 Å². The van der Waals surface area contributed by atoms with Crippen LogP contribution < -0.4 is 0 Å². The van der Waals surface area contributed by atoms with E-state index in [1.54, 1.807) is 0 Å². The number of nitrogens with one attached hydrogen (secondary N) is 1. The van der Waals surface area contributed by atoms with Gasteiger partial charge < -0.3 is 19.1 Å². The second-order valence-corrected chi connectivity index (χ2v) is 8.40. The molecule has 0 saturated carbocycles. The highest BCUT2D eigenvalue weighted by Crippen LogP contribution is 2.39. The van der Waals surface area contributed by atoms with Gasteiger partial charge in [-0.2, -0.15) is 4.98 Å². The molecule has 0 bridgehead atoms. The lowest BCUT2D eigenvalue weighted by atomic mass is 9.78. The minimum Gasteiger partial charge on any atom is -0.375 e. The minimum atomic E-state index is -0.127. The van der Waals surface area contributed by atoms with Gasteiger partial charge in [-0.1, -0.05) is 11.2 Å². The predicted molar refractivity (Wildman–Crippen MR) is 108 cm³/mol.